The van der Waals surface area contributed by atoms with Gasteiger partial charge >= 0.3 is 0 Å². The lowest BCUT2D eigenvalue weighted by Crippen LogP contribution is -2.47. The molecular weight excluding hydrogens is 623 g/mol. The van der Waals surface area contributed by atoms with Crippen LogP contribution in [0.2, 0.25) is 0 Å². The zero-order chi connectivity index (χ0) is 34.5. The monoisotopic (exact) mass is 668 g/mol. The lowest BCUT2D eigenvalue weighted by molar-refractivity contribution is -0.144. The van der Waals surface area contributed by atoms with Crippen molar-refractivity contribution < 1.29 is 34.0 Å². The average molecular weight is 669 g/mol. The number of phenols is 1. The molecule has 9 heteroatoms. The van der Waals surface area contributed by atoms with Crippen LogP contribution in [0.25, 0.3) is 11.6 Å². The van der Waals surface area contributed by atoms with E-state index in [9.17, 15) is 29.3 Å². The van der Waals surface area contributed by atoms with Gasteiger partial charge in [0.2, 0.25) is 11.8 Å². The largest absolute Gasteiger partial charge is 0.505 e. The third-order valence-electron chi connectivity index (χ3n) is 10.4. The standard InChI is InChI=1S/C40H45FN2O6/c1-49-25-30-22-32-38(40(48)43(39(32)47)31-16-18-42(19-17-31)23-26-8-4-2-5-9-26)33(24-44)37(30)36(46)15-13-29(28-10-6-3-7-11-28)20-27-12-14-35(45)34(41)21-27/h2-12,14,20-21,31-33,36,38,44-46H,13,15-19,22-25H2,1H3/b29-20-/t32-,33+,36-,38-/m1/s1. The lowest BCUT2D eigenvalue weighted by Gasteiger charge is -2.37. The molecule has 1 aliphatic carbocycles. The molecule has 0 unspecified atom stereocenters. The number of carbonyl (C=O) groups is 2. The van der Waals surface area contributed by atoms with Gasteiger partial charge in [0.25, 0.3) is 0 Å². The summed E-state index contributed by atoms with van der Waals surface area (Å²) in [4.78, 5) is 31.9. The van der Waals surface area contributed by atoms with Crippen LogP contribution in [0, 0.1) is 23.6 Å². The maximum Gasteiger partial charge on any atom is 0.234 e. The van der Waals surface area contributed by atoms with Crippen LogP contribution < -0.4 is 0 Å². The third kappa shape index (κ3) is 7.55. The Morgan fingerprint density at radius 1 is 1.00 bits per heavy atom. The summed E-state index contributed by atoms with van der Waals surface area (Å²) in [6, 6.07) is 23.8. The number of ether oxygens (including phenoxy) is 1. The molecule has 0 radical (unpaired) electrons. The second-order valence-electron chi connectivity index (χ2n) is 13.5. The van der Waals surface area contributed by atoms with Crippen molar-refractivity contribution in [3.8, 4) is 5.75 Å². The predicted octanol–water partition coefficient (Wildman–Crippen LogP) is 5.43. The van der Waals surface area contributed by atoms with Crippen molar-refractivity contribution in [2.45, 2.75) is 50.8 Å². The number of methoxy groups -OCH3 is 1. The van der Waals surface area contributed by atoms with Gasteiger partial charge in [-0.15, -0.1) is 0 Å². The number of hydrogen-bond donors (Lipinski definition) is 3. The van der Waals surface area contributed by atoms with Crippen molar-refractivity contribution in [1.82, 2.24) is 9.80 Å². The van der Waals surface area contributed by atoms with Crippen LogP contribution in [0.15, 0.2) is 90.0 Å². The zero-order valence-electron chi connectivity index (χ0n) is 27.9. The first-order valence-corrected chi connectivity index (χ1v) is 17.2. The Hall–Kier alpha value is -4.15. The van der Waals surface area contributed by atoms with E-state index in [2.05, 4.69) is 17.0 Å². The summed E-state index contributed by atoms with van der Waals surface area (Å²) in [6.45, 7) is 2.18. The predicted molar refractivity (Wildman–Crippen MR) is 185 cm³/mol. The highest BCUT2D eigenvalue weighted by Crippen LogP contribution is 2.47. The van der Waals surface area contributed by atoms with E-state index in [1.54, 1.807) is 13.2 Å². The van der Waals surface area contributed by atoms with Crippen LogP contribution in [0.4, 0.5) is 4.39 Å². The summed E-state index contributed by atoms with van der Waals surface area (Å²) >= 11 is 0. The molecule has 0 bridgehead atoms. The summed E-state index contributed by atoms with van der Waals surface area (Å²) in [6.07, 6.45) is 3.18. The highest BCUT2D eigenvalue weighted by Gasteiger charge is 2.56. The second kappa shape index (κ2) is 15.6. The van der Waals surface area contributed by atoms with Crippen LogP contribution >= 0.6 is 0 Å². The first kappa shape index (κ1) is 34.7. The first-order valence-electron chi connectivity index (χ1n) is 17.2. The second-order valence-corrected chi connectivity index (χ2v) is 13.5. The SMILES string of the molecule is COCC1=C([C@H](O)CC/C(=C/c2ccc(O)c(F)c2)c2ccccc2)[C@H](CO)[C@@H]2C(=O)N(C3CCN(Cc4ccccc4)CC3)C(=O)[C@@H]2C1. The number of carbonyl (C=O) groups excluding carboxylic acids is 2. The summed E-state index contributed by atoms with van der Waals surface area (Å²) in [7, 11) is 1.56. The highest BCUT2D eigenvalue weighted by atomic mass is 19.1. The number of fused-ring (bicyclic) bond motifs is 1. The van der Waals surface area contributed by atoms with E-state index < -0.39 is 35.4 Å². The van der Waals surface area contributed by atoms with E-state index in [-0.39, 0.29) is 37.5 Å². The van der Waals surface area contributed by atoms with Crippen molar-refractivity contribution in [1.29, 1.82) is 0 Å². The van der Waals surface area contributed by atoms with Crippen molar-refractivity contribution in [2.75, 3.05) is 33.4 Å². The Kier molecular flexibility index (Phi) is 11.0. The van der Waals surface area contributed by atoms with Crippen LogP contribution in [0.3, 0.4) is 0 Å². The maximum atomic E-state index is 14.2. The number of aromatic hydroxyl groups is 1. The van der Waals surface area contributed by atoms with Gasteiger partial charge in [-0.3, -0.25) is 19.4 Å². The van der Waals surface area contributed by atoms with Gasteiger partial charge in [-0.05, 0) is 77.6 Å². The Morgan fingerprint density at radius 3 is 2.35 bits per heavy atom. The van der Waals surface area contributed by atoms with Gasteiger partial charge in [0.1, 0.15) is 0 Å². The van der Waals surface area contributed by atoms with Crippen molar-refractivity contribution in [3.63, 3.8) is 0 Å². The van der Waals surface area contributed by atoms with E-state index in [0.29, 0.717) is 36.8 Å². The van der Waals surface area contributed by atoms with Gasteiger partial charge < -0.3 is 20.1 Å². The Bertz CT molecular complexity index is 1690. The molecule has 0 aromatic heterocycles. The van der Waals surface area contributed by atoms with Gasteiger partial charge in [-0.1, -0.05) is 72.8 Å². The molecule has 258 valence electrons. The van der Waals surface area contributed by atoms with E-state index in [4.69, 9.17) is 4.74 Å². The summed E-state index contributed by atoms with van der Waals surface area (Å²) in [5, 5.41) is 32.2. The van der Waals surface area contributed by atoms with Crippen molar-refractivity contribution in [3.05, 3.63) is 113 Å². The fraction of sp³-hybridized carbons (Fsp3) is 0.400. The number of imide groups is 1. The van der Waals surface area contributed by atoms with Gasteiger partial charge in [0.15, 0.2) is 11.6 Å². The summed E-state index contributed by atoms with van der Waals surface area (Å²) in [5.41, 5.74) is 4.88. The molecule has 6 rings (SSSR count). The number of allylic oxidation sites excluding steroid dienone is 1. The molecule has 8 nitrogen and oxygen atoms in total. The number of piperidine rings is 1. The van der Waals surface area contributed by atoms with E-state index >= 15 is 0 Å². The number of hydrogen-bond acceptors (Lipinski definition) is 7. The number of benzene rings is 3. The molecule has 3 aromatic rings. The minimum Gasteiger partial charge on any atom is -0.505 e. The number of halogens is 1. The zero-order valence-corrected chi connectivity index (χ0v) is 27.9. The van der Waals surface area contributed by atoms with Gasteiger partial charge in [-0.25, -0.2) is 4.39 Å². The third-order valence-corrected chi connectivity index (χ3v) is 10.4. The normalized spacial score (nSPS) is 22.9. The fourth-order valence-electron chi connectivity index (χ4n) is 8.04. The molecule has 3 N–H and O–H groups in total. The molecule has 3 aromatic carbocycles. The maximum absolute atomic E-state index is 14.2. The lowest BCUT2D eigenvalue weighted by atomic mass is 9.68. The molecule has 4 atom stereocenters. The summed E-state index contributed by atoms with van der Waals surface area (Å²) in [5.74, 6) is -3.64. The molecule has 2 fully saturated rings. The minimum atomic E-state index is -1.01. The Balaban J connectivity index is 1.20. The molecule has 0 spiro atoms. The number of aliphatic hydroxyl groups is 2. The number of nitrogens with zero attached hydrogens (tertiary/aromatic N) is 2. The van der Waals surface area contributed by atoms with E-state index in [1.165, 1.54) is 22.6 Å². The fourth-order valence-corrected chi connectivity index (χ4v) is 8.04. The first-order chi connectivity index (χ1) is 23.8. The average Bonchev–Trinajstić information content (AvgIpc) is 3.37. The van der Waals surface area contributed by atoms with E-state index in [0.717, 1.165) is 36.3 Å². The number of aliphatic hydroxyl groups excluding tert-OH is 2. The van der Waals surface area contributed by atoms with E-state index in [1.807, 2.05) is 54.6 Å². The molecule has 49 heavy (non-hydrogen) atoms. The number of likely N-dealkylation sites (tertiary alicyclic amines) is 2. The number of rotatable bonds is 12. The van der Waals surface area contributed by atoms with Gasteiger partial charge in [0, 0.05) is 38.7 Å². The Labute approximate surface area is 287 Å². The summed E-state index contributed by atoms with van der Waals surface area (Å²) < 4.78 is 19.7. The quantitative estimate of drug-likeness (QED) is 0.134. The molecule has 2 saturated heterocycles. The molecular formula is C40H45FN2O6. The van der Waals surface area contributed by atoms with Crippen LogP contribution in [-0.4, -0.2) is 82.5 Å². The highest BCUT2D eigenvalue weighted by molar-refractivity contribution is 6.06. The topological polar surface area (TPSA) is 111 Å². The molecule has 0 saturated carbocycles. The van der Waals surface area contributed by atoms with Crippen molar-refractivity contribution >= 4 is 23.5 Å². The smallest absolute Gasteiger partial charge is 0.234 e. The molecule has 2 heterocycles. The molecule has 2 amide bonds. The molecule has 2 aliphatic heterocycles. The number of phenolic OH excluding ortho intramolecular Hbond substituents is 1. The van der Waals surface area contributed by atoms with Gasteiger partial charge in [-0.2, -0.15) is 0 Å². The van der Waals surface area contributed by atoms with Crippen LogP contribution in [0.1, 0.15) is 48.8 Å². The van der Waals surface area contributed by atoms with Crippen LogP contribution in [-0.2, 0) is 20.9 Å². The Morgan fingerprint density at radius 2 is 1.69 bits per heavy atom. The number of amides is 2. The minimum absolute atomic E-state index is 0.180. The molecule has 3 aliphatic rings. The van der Waals surface area contributed by atoms with Gasteiger partial charge in [0.05, 0.1) is 31.2 Å². The van der Waals surface area contributed by atoms with Crippen molar-refractivity contribution in [2.24, 2.45) is 17.8 Å². The van der Waals surface area contributed by atoms with Crippen LogP contribution in [0.5, 0.6) is 5.75 Å².